The van der Waals surface area contributed by atoms with E-state index in [4.69, 9.17) is 4.74 Å². The summed E-state index contributed by atoms with van der Waals surface area (Å²) in [4.78, 5) is 11.3. The zero-order valence-corrected chi connectivity index (χ0v) is 11.3. The minimum absolute atomic E-state index is 0.181. The van der Waals surface area contributed by atoms with E-state index < -0.39 is 11.8 Å². The van der Waals surface area contributed by atoms with Crippen molar-refractivity contribution in [2.45, 2.75) is 6.54 Å². The summed E-state index contributed by atoms with van der Waals surface area (Å²) in [5.74, 6) is -1.05. The van der Waals surface area contributed by atoms with Crippen LogP contribution in [0.1, 0.15) is 10.4 Å². The Morgan fingerprint density at radius 1 is 1.40 bits per heavy atom. The average Bonchev–Trinajstić information content (AvgIpc) is 2.92. The molecule has 0 saturated carbocycles. The van der Waals surface area contributed by atoms with Crippen molar-refractivity contribution < 1.29 is 18.7 Å². The predicted molar refractivity (Wildman–Crippen MR) is 70.8 cm³/mol. The molecule has 0 aliphatic carbocycles. The molecular weight excluding hydrogens is 263 g/mol. The first-order valence-electron chi connectivity index (χ1n) is 6.05. The largest absolute Gasteiger partial charge is 0.465 e. The van der Waals surface area contributed by atoms with Crippen LogP contribution >= 0.6 is 0 Å². The van der Waals surface area contributed by atoms with Gasteiger partial charge in [0.15, 0.2) is 0 Å². The van der Waals surface area contributed by atoms with Gasteiger partial charge in [-0.05, 0) is 12.1 Å². The second-order valence-corrected chi connectivity index (χ2v) is 4.17. The first kappa shape index (κ1) is 14.2. The molecule has 5 nitrogen and oxygen atoms in total. The van der Waals surface area contributed by atoms with Crippen molar-refractivity contribution in [1.82, 2.24) is 9.78 Å². The summed E-state index contributed by atoms with van der Waals surface area (Å²) in [6.07, 6.45) is 3.31. The molecule has 0 atom stereocenters. The predicted octanol–water partition coefficient (Wildman–Crippen LogP) is 2.12. The molecule has 0 amide bonds. The van der Waals surface area contributed by atoms with Crippen molar-refractivity contribution in [3.05, 3.63) is 42.0 Å². The molecule has 0 N–H and O–H groups in total. The normalized spacial score (nSPS) is 10.6. The third kappa shape index (κ3) is 3.03. The number of esters is 1. The molecule has 1 aromatic carbocycles. The summed E-state index contributed by atoms with van der Waals surface area (Å²) in [7, 11) is 2.86. The van der Waals surface area contributed by atoms with Crippen LogP contribution in [-0.2, 0) is 16.0 Å². The molecule has 1 heterocycles. The lowest BCUT2D eigenvalue weighted by atomic mass is 10.1. The highest BCUT2D eigenvalue weighted by molar-refractivity contribution is 5.90. The lowest BCUT2D eigenvalue weighted by Crippen LogP contribution is -2.04. The SMILES string of the molecule is COCCn1cc(-c2ccc(C(=O)OC)cc2F)cn1. The Balaban J connectivity index is 2.24. The van der Waals surface area contributed by atoms with Gasteiger partial charge in [0.25, 0.3) is 0 Å². The Morgan fingerprint density at radius 3 is 2.85 bits per heavy atom. The minimum Gasteiger partial charge on any atom is -0.465 e. The number of hydrogen-bond acceptors (Lipinski definition) is 4. The fourth-order valence-electron chi connectivity index (χ4n) is 1.80. The highest BCUT2D eigenvalue weighted by Gasteiger charge is 2.12. The lowest BCUT2D eigenvalue weighted by Gasteiger charge is -2.03. The van der Waals surface area contributed by atoms with Crippen molar-refractivity contribution >= 4 is 5.97 Å². The van der Waals surface area contributed by atoms with Crippen LogP contribution in [0, 0.1) is 5.82 Å². The number of aromatic nitrogens is 2. The van der Waals surface area contributed by atoms with E-state index in [9.17, 15) is 9.18 Å². The van der Waals surface area contributed by atoms with E-state index in [-0.39, 0.29) is 5.56 Å². The van der Waals surface area contributed by atoms with Gasteiger partial charge in [0.1, 0.15) is 5.82 Å². The number of nitrogens with zero attached hydrogens (tertiary/aromatic N) is 2. The molecule has 0 radical (unpaired) electrons. The lowest BCUT2D eigenvalue weighted by molar-refractivity contribution is 0.0600. The molecule has 20 heavy (non-hydrogen) atoms. The van der Waals surface area contributed by atoms with Crippen LogP contribution in [0.25, 0.3) is 11.1 Å². The fourth-order valence-corrected chi connectivity index (χ4v) is 1.80. The van der Waals surface area contributed by atoms with Crippen LogP contribution in [-0.4, -0.2) is 36.6 Å². The average molecular weight is 278 g/mol. The number of benzene rings is 1. The molecule has 0 unspecified atom stereocenters. The number of carbonyl (C=O) groups is 1. The molecule has 0 aliphatic heterocycles. The highest BCUT2D eigenvalue weighted by atomic mass is 19.1. The fraction of sp³-hybridized carbons (Fsp3) is 0.286. The van der Waals surface area contributed by atoms with E-state index in [1.807, 2.05) is 0 Å². The third-order valence-corrected chi connectivity index (χ3v) is 2.86. The summed E-state index contributed by atoms with van der Waals surface area (Å²) >= 11 is 0. The van der Waals surface area contributed by atoms with Gasteiger partial charge in [-0.15, -0.1) is 0 Å². The highest BCUT2D eigenvalue weighted by Crippen LogP contribution is 2.23. The molecule has 106 valence electrons. The van der Waals surface area contributed by atoms with Crippen molar-refractivity contribution in [3.8, 4) is 11.1 Å². The minimum atomic E-state index is -0.564. The van der Waals surface area contributed by atoms with Crippen LogP contribution in [0.2, 0.25) is 0 Å². The standard InChI is InChI=1S/C14H15FN2O3/c1-19-6-5-17-9-11(8-16-17)12-4-3-10(7-13(12)15)14(18)20-2/h3-4,7-9H,5-6H2,1-2H3. The zero-order chi connectivity index (χ0) is 14.5. The van der Waals surface area contributed by atoms with E-state index in [2.05, 4.69) is 9.84 Å². The molecule has 6 heteroatoms. The van der Waals surface area contributed by atoms with E-state index in [1.165, 1.54) is 13.2 Å². The third-order valence-electron chi connectivity index (χ3n) is 2.86. The van der Waals surface area contributed by atoms with Gasteiger partial charge in [-0.25, -0.2) is 9.18 Å². The summed E-state index contributed by atoms with van der Waals surface area (Å²) < 4.78 is 25.2. The Morgan fingerprint density at radius 2 is 2.20 bits per heavy atom. The summed E-state index contributed by atoms with van der Waals surface area (Å²) in [5.41, 5.74) is 1.22. The van der Waals surface area contributed by atoms with E-state index in [1.54, 1.807) is 30.3 Å². The first-order valence-corrected chi connectivity index (χ1v) is 6.05. The van der Waals surface area contributed by atoms with Gasteiger partial charge in [-0.3, -0.25) is 4.68 Å². The van der Waals surface area contributed by atoms with Gasteiger partial charge in [0, 0.05) is 24.4 Å². The summed E-state index contributed by atoms with van der Waals surface area (Å²) in [5, 5.41) is 4.12. The van der Waals surface area contributed by atoms with Gasteiger partial charge >= 0.3 is 5.97 Å². The first-order chi connectivity index (χ1) is 9.65. The molecule has 0 bridgehead atoms. The van der Waals surface area contributed by atoms with Crippen molar-refractivity contribution in [2.24, 2.45) is 0 Å². The quantitative estimate of drug-likeness (QED) is 0.786. The molecule has 1 aromatic heterocycles. The maximum absolute atomic E-state index is 14.0. The van der Waals surface area contributed by atoms with Crippen molar-refractivity contribution in [2.75, 3.05) is 20.8 Å². The number of halogens is 1. The molecule has 0 fully saturated rings. The number of rotatable bonds is 5. The Kier molecular flexibility index (Phi) is 4.47. The molecule has 0 saturated heterocycles. The number of methoxy groups -OCH3 is 2. The Labute approximate surface area is 115 Å². The Bertz CT molecular complexity index is 610. The van der Waals surface area contributed by atoms with Gasteiger partial charge in [0.05, 0.1) is 32.0 Å². The molecule has 0 spiro atoms. The van der Waals surface area contributed by atoms with E-state index in [0.29, 0.717) is 24.3 Å². The molecule has 2 rings (SSSR count). The maximum atomic E-state index is 14.0. The van der Waals surface area contributed by atoms with Crippen molar-refractivity contribution in [1.29, 1.82) is 0 Å². The maximum Gasteiger partial charge on any atom is 0.337 e. The number of ether oxygens (including phenoxy) is 2. The monoisotopic (exact) mass is 278 g/mol. The second kappa shape index (κ2) is 6.29. The van der Waals surface area contributed by atoms with Crippen LogP contribution in [0.4, 0.5) is 4.39 Å². The second-order valence-electron chi connectivity index (χ2n) is 4.17. The number of carbonyl (C=O) groups excluding carboxylic acids is 1. The van der Waals surface area contributed by atoms with Crippen LogP contribution in [0.5, 0.6) is 0 Å². The summed E-state index contributed by atoms with van der Waals surface area (Å²) in [6, 6.07) is 4.23. The van der Waals surface area contributed by atoms with Crippen LogP contribution in [0.15, 0.2) is 30.6 Å². The molecule has 0 aliphatic rings. The topological polar surface area (TPSA) is 53.4 Å². The van der Waals surface area contributed by atoms with Gasteiger partial charge in [-0.2, -0.15) is 5.10 Å². The van der Waals surface area contributed by atoms with Crippen LogP contribution < -0.4 is 0 Å². The van der Waals surface area contributed by atoms with Gasteiger partial charge in [0.2, 0.25) is 0 Å². The Hall–Kier alpha value is -2.21. The van der Waals surface area contributed by atoms with Gasteiger partial charge in [-0.1, -0.05) is 6.07 Å². The number of hydrogen-bond donors (Lipinski definition) is 0. The molecule has 2 aromatic rings. The summed E-state index contributed by atoms with van der Waals surface area (Å²) in [6.45, 7) is 1.13. The van der Waals surface area contributed by atoms with Crippen LogP contribution in [0.3, 0.4) is 0 Å². The zero-order valence-electron chi connectivity index (χ0n) is 11.3. The van der Waals surface area contributed by atoms with E-state index in [0.717, 1.165) is 6.07 Å². The molecular formula is C14H15FN2O3. The van der Waals surface area contributed by atoms with Gasteiger partial charge < -0.3 is 9.47 Å². The van der Waals surface area contributed by atoms with E-state index >= 15 is 0 Å². The van der Waals surface area contributed by atoms with Crippen molar-refractivity contribution in [3.63, 3.8) is 0 Å². The smallest absolute Gasteiger partial charge is 0.337 e.